The monoisotopic (exact) mass is 579 g/mol. The predicted molar refractivity (Wildman–Crippen MR) is 108 cm³/mol. The van der Waals surface area contributed by atoms with Crippen LogP contribution in [0.4, 0.5) is 58.4 Å². The molecule has 0 saturated heterocycles. The number of nitrogens with zero attached hydrogens (tertiary/aromatic N) is 3. The van der Waals surface area contributed by atoms with Crippen LogP contribution in [0.5, 0.6) is 0 Å². The van der Waals surface area contributed by atoms with Crippen molar-refractivity contribution in [2.75, 3.05) is 12.1 Å². The topological polar surface area (TPSA) is 68.8 Å². The SMILES string of the molecule is COC(c1cc(C(F)(F)F)cc(C(F)(F)F)c1)C1C(C#N)=NN(c2cc(C(F)(F)F)cc(C(F)(F)F)c2)C1O. The van der Waals surface area contributed by atoms with E-state index in [9.17, 15) is 63.1 Å². The molecule has 0 saturated carbocycles. The van der Waals surface area contributed by atoms with Gasteiger partial charge in [0, 0.05) is 7.11 Å². The van der Waals surface area contributed by atoms with Gasteiger partial charge in [-0.25, -0.2) is 5.01 Å². The number of benzene rings is 2. The standard InChI is InChI=1S/C22H13F12N3O2/c1-39-17(9-2-10(19(23,24)25)4-11(3-9)20(26,27)28)16-15(8-35)36-37(18(16)38)14-6-12(21(29,30)31)5-13(7-14)22(32,33)34/h2-7,16-18,38H,1H3. The van der Waals surface area contributed by atoms with E-state index in [4.69, 9.17) is 4.74 Å². The number of ether oxygens (including phenoxy) is 1. The van der Waals surface area contributed by atoms with Crippen LogP contribution in [0.3, 0.4) is 0 Å². The van der Waals surface area contributed by atoms with Crippen molar-refractivity contribution < 1.29 is 62.5 Å². The maximum absolute atomic E-state index is 13.3. The number of anilines is 1. The first kappa shape index (κ1) is 30.0. The molecule has 1 N–H and O–H groups in total. The van der Waals surface area contributed by atoms with Gasteiger partial charge in [-0.05, 0) is 42.0 Å². The van der Waals surface area contributed by atoms with Gasteiger partial charge >= 0.3 is 24.7 Å². The average molecular weight is 579 g/mol. The molecule has 1 heterocycles. The van der Waals surface area contributed by atoms with E-state index < -0.39 is 82.2 Å². The Labute approximate surface area is 210 Å². The van der Waals surface area contributed by atoms with Gasteiger partial charge in [-0.2, -0.15) is 63.0 Å². The highest BCUT2D eigenvalue weighted by atomic mass is 19.4. The zero-order chi connectivity index (χ0) is 29.7. The van der Waals surface area contributed by atoms with Crippen molar-refractivity contribution in [3.8, 4) is 6.07 Å². The number of halogens is 12. The zero-order valence-corrected chi connectivity index (χ0v) is 18.9. The number of hydrogen-bond donors (Lipinski definition) is 1. The first-order chi connectivity index (χ1) is 17.7. The molecule has 5 nitrogen and oxygen atoms in total. The maximum Gasteiger partial charge on any atom is 0.416 e. The molecule has 0 bridgehead atoms. The first-order valence-corrected chi connectivity index (χ1v) is 10.3. The van der Waals surface area contributed by atoms with Crippen LogP contribution in [0.2, 0.25) is 0 Å². The van der Waals surface area contributed by atoms with E-state index in [1.807, 2.05) is 0 Å². The molecule has 17 heteroatoms. The van der Waals surface area contributed by atoms with Crippen molar-refractivity contribution in [1.29, 1.82) is 5.26 Å². The van der Waals surface area contributed by atoms with E-state index in [-0.39, 0.29) is 41.4 Å². The molecule has 1 aliphatic rings. The molecule has 3 rings (SSSR count). The van der Waals surface area contributed by atoms with Gasteiger partial charge in [-0.15, -0.1) is 0 Å². The number of aliphatic hydroxyl groups excluding tert-OH is 1. The Bertz CT molecular complexity index is 1240. The number of rotatable bonds is 4. The fourth-order valence-corrected chi connectivity index (χ4v) is 3.85. The highest BCUT2D eigenvalue weighted by Gasteiger charge is 2.46. The van der Waals surface area contributed by atoms with Crippen LogP contribution in [-0.2, 0) is 29.4 Å². The summed E-state index contributed by atoms with van der Waals surface area (Å²) in [6.07, 6.45) is -25.5. The summed E-state index contributed by atoms with van der Waals surface area (Å²) in [6.45, 7) is 0. The molecule has 0 spiro atoms. The molecule has 212 valence electrons. The molecule has 0 fully saturated rings. The van der Waals surface area contributed by atoms with E-state index in [0.29, 0.717) is 0 Å². The third-order valence-corrected chi connectivity index (χ3v) is 5.57. The van der Waals surface area contributed by atoms with Gasteiger partial charge in [0.1, 0.15) is 11.8 Å². The minimum atomic E-state index is -5.30. The molecule has 3 unspecified atom stereocenters. The minimum absolute atomic E-state index is 0.160. The van der Waals surface area contributed by atoms with Gasteiger partial charge in [0.15, 0.2) is 6.23 Å². The van der Waals surface area contributed by atoms with Gasteiger partial charge in [0.05, 0.1) is 40.0 Å². The number of methoxy groups -OCH3 is 1. The summed E-state index contributed by atoms with van der Waals surface area (Å²) in [7, 11) is 0.786. The second kappa shape index (κ2) is 9.90. The number of alkyl halides is 12. The van der Waals surface area contributed by atoms with Gasteiger partial charge in [0.25, 0.3) is 0 Å². The predicted octanol–water partition coefficient (Wildman–Crippen LogP) is 6.78. The summed E-state index contributed by atoms with van der Waals surface area (Å²) in [5.41, 5.74) is -9.90. The molecule has 2 aromatic rings. The van der Waals surface area contributed by atoms with Gasteiger partial charge < -0.3 is 9.84 Å². The maximum atomic E-state index is 13.3. The number of hydrazone groups is 1. The van der Waals surface area contributed by atoms with Crippen LogP contribution in [0.25, 0.3) is 0 Å². The van der Waals surface area contributed by atoms with Crippen molar-refractivity contribution in [3.63, 3.8) is 0 Å². The highest BCUT2D eigenvalue weighted by molar-refractivity contribution is 6.03. The van der Waals surface area contributed by atoms with Crippen LogP contribution >= 0.6 is 0 Å². The summed E-state index contributed by atoms with van der Waals surface area (Å²) in [6, 6.07) is 1.75. The van der Waals surface area contributed by atoms with Crippen LogP contribution in [0.15, 0.2) is 41.5 Å². The van der Waals surface area contributed by atoms with E-state index in [0.717, 1.165) is 7.11 Å². The molecule has 0 radical (unpaired) electrons. The second-order valence-corrected chi connectivity index (χ2v) is 8.14. The minimum Gasteiger partial charge on any atom is -0.376 e. The lowest BCUT2D eigenvalue weighted by molar-refractivity contribution is -0.144. The molecule has 0 aliphatic carbocycles. The van der Waals surface area contributed by atoms with Crippen molar-refractivity contribution >= 4 is 11.4 Å². The lowest BCUT2D eigenvalue weighted by Crippen LogP contribution is -2.37. The summed E-state index contributed by atoms with van der Waals surface area (Å²) in [4.78, 5) is 0. The molecular weight excluding hydrogens is 566 g/mol. The third kappa shape index (κ3) is 6.22. The fraction of sp³-hybridized carbons (Fsp3) is 0.364. The Balaban J connectivity index is 2.16. The molecule has 2 aromatic carbocycles. The first-order valence-electron chi connectivity index (χ1n) is 10.3. The van der Waals surface area contributed by atoms with E-state index in [2.05, 4.69) is 5.10 Å². The molecular formula is C22H13F12N3O2. The quantitative estimate of drug-likeness (QED) is 0.406. The number of aliphatic hydroxyl groups is 1. The van der Waals surface area contributed by atoms with Crippen LogP contribution < -0.4 is 5.01 Å². The summed E-state index contributed by atoms with van der Waals surface area (Å²) in [5.74, 6) is -1.94. The average Bonchev–Trinajstić information content (AvgIpc) is 3.13. The number of hydrogen-bond acceptors (Lipinski definition) is 5. The Kier molecular flexibility index (Phi) is 7.62. The molecule has 0 amide bonds. The molecule has 3 atom stereocenters. The largest absolute Gasteiger partial charge is 0.416 e. The zero-order valence-electron chi connectivity index (χ0n) is 18.9. The Morgan fingerprint density at radius 1 is 0.769 bits per heavy atom. The smallest absolute Gasteiger partial charge is 0.376 e. The molecule has 39 heavy (non-hydrogen) atoms. The van der Waals surface area contributed by atoms with Crippen molar-refractivity contribution in [2.24, 2.45) is 11.0 Å². The normalized spacial score (nSPS) is 19.6. The fourth-order valence-electron chi connectivity index (χ4n) is 3.85. The Morgan fingerprint density at radius 3 is 1.49 bits per heavy atom. The highest BCUT2D eigenvalue weighted by Crippen LogP contribution is 2.44. The van der Waals surface area contributed by atoms with Crippen molar-refractivity contribution in [3.05, 3.63) is 64.2 Å². The van der Waals surface area contributed by atoms with E-state index >= 15 is 0 Å². The third-order valence-electron chi connectivity index (χ3n) is 5.57. The Morgan fingerprint density at radius 2 is 1.15 bits per heavy atom. The van der Waals surface area contributed by atoms with Gasteiger partial charge in [0.2, 0.25) is 0 Å². The summed E-state index contributed by atoms with van der Waals surface area (Å²) >= 11 is 0. The van der Waals surface area contributed by atoms with Crippen LogP contribution in [0, 0.1) is 17.2 Å². The van der Waals surface area contributed by atoms with Crippen molar-refractivity contribution in [1.82, 2.24) is 0 Å². The lowest BCUT2D eigenvalue weighted by Gasteiger charge is -2.29. The second-order valence-electron chi connectivity index (χ2n) is 8.14. The van der Waals surface area contributed by atoms with Crippen LogP contribution in [-0.4, -0.2) is 24.2 Å². The molecule has 1 aliphatic heterocycles. The van der Waals surface area contributed by atoms with Gasteiger partial charge in [-0.1, -0.05) is 0 Å². The van der Waals surface area contributed by atoms with E-state index in [1.54, 1.807) is 0 Å². The lowest BCUT2D eigenvalue weighted by atomic mass is 9.88. The molecule has 0 aromatic heterocycles. The summed E-state index contributed by atoms with van der Waals surface area (Å²) < 4.78 is 165. The number of nitriles is 1. The summed E-state index contributed by atoms with van der Waals surface area (Å²) in [5, 5.41) is 23.9. The van der Waals surface area contributed by atoms with E-state index in [1.165, 1.54) is 6.07 Å². The van der Waals surface area contributed by atoms with Crippen LogP contribution in [0.1, 0.15) is 33.9 Å². The Hall–Kier alpha value is -3.52. The van der Waals surface area contributed by atoms with Gasteiger partial charge in [-0.3, -0.25) is 0 Å². The van der Waals surface area contributed by atoms with Crippen molar-refractivity contribution in [2.45, 2.75) is 37.0 Å².